The quantitative estimate of drug-likeness (QED) is 0.784. The van der Waals surface area contributed by atoms with Crippen LogP contribution in [0, 0.1) is 5.92 Å². The normalized spacial score (nSPS) is 37.6. The SMILES string of the molecule is [B]C12CCC(CC1)[C@@]1(C2)OC(Nc2nc3ccccc3s2)=NC1N. The van der Waals surface area contributed by atoms with Crippen LogP contribution in [0.15, 0.2) is 29.3 Å². The molecule has 2 bridgehead atoms. The standard InChI is InChI=1S/C17H19BN4OS/c18-16-7-5-10(6-8-16)17(9-16)13(19)21-14(23-17)22-15-20-11-3-1-2-4-12(11)24-15/h1-4,10,13H,5-9,19H2,(H,20,21,22)/t10?,13?,16?,17-/m1/s1. The van der Waals surface area contributed by atoms with Gasteiger partial charge in [0.05, 0.1) is 18.1 Å². The molecule has 0 saturated heterocycles. The summed E-state index contributed by atoms with van der Waals surface area (Å²) in [6, 6.07) is 8.54. The van der Waals surface area contributed by atoms with Gasteiger partial charge in [-0.3, -0.25) is 5.32 Å². The molecule has 3 aliphatic carbocycles. The molecule has 2 atom stereocenters. The van der Waals surface area contributed by atoms with Crippen LogP contribution < -0.4 is 11.1 Å². The van der Waals surface area contributed by atoms with Crippen LogP contribution >= 0.6 is 11.3 Å². The zero-order chi connectivity index (χ0) is 16.4. The fourth-order valence-electron chi connectivity index (χ4n) is 4.60. The molecular formula is C17H19BN4OS. The molecule has 3 saturated carbocycles. The second kappa shape index (κ2) is 4.96. The van der Waals surface area contributed by atoms with Crippen LogP contribution in [-0.2, 0) is 4.74 Å². The number of fused-ring (bicyclic) bond motifs is 3. The number of nitrogens with two attached hydrogens (primary N) is 1. The highest BCUT2D eigenvalue weighted by molar-refractivity contribution is 7.22. The van der Waals surface area contributed by atoms with Gasteiger partial charge in [0.15, 0.2) is 10.7 Å². The number of anilines is 1. The molecule has 4 aliphatic rings. The van der Waals surface area contributed by atoms with Crippen molar-refractivity contribution >= 4 is 40.6 Å². The Kier molecular flexibility index (Phi) is 3.04. The van der Waals surface area contributed by atoms with Crippen molar-refractivity contribution in [3.8, 4) is 0 Å². The minimum absolute atomic E-state index is 0.146. The summed E-state index contributed by atoms with van der Waals surface area (Å²) in [5.41, 5.74) is 6.92. The highest BCUT2D eigenvalue weighted by Crippen LogP contribution is 2.60. The van der Waals surface area contributed by atoms with E-state index < -0.39 is 5.60 Å². The lowest BCUT2D eigenvalue weighted by atomic mass is 9.46. The van der Waals surface area contributed by atoms with Crippen molar-refractivity contribution in [2.24, 2.45) is 16.6 Å². The number of nitrogens with zero attached hydrogens (tertiary/aromatic N) is 2. The molecule has 1 unspecified atom stereocenters. The van der Waals surface area contributed by atoms with Crippen molar-refractivity contribution in [3.63, 3.8) is 0 Å². The number of hydrogen-bond donors (Lipinski definition) is 2. The van der Waals surface area contributed by atoms with Gasteiger partial charge in [-0.15, -0.1) is 0 Å². The number of nitrogens with one attached hydrogen (secondary N) is 1. The Morgan fingerprint density at radius 2 is 2.08 bits per heavy atom. The zero-order valence-electron chi connectivity index (χ0n) is 13.4. The predicted octanol–water partition coefficient (Wildman–Crippen LogP) is 3.04. The van der Waals surface area contributed by atoms with E-state index in [2.05, 4.69) is 21.4 Å². The number of aromatic nitrogens is 1. The molecule has 0 amide bonds. The third kappa shape index (κ3) is 2.11. The van der Waals surface area contributed by atoms with E-state index in [1.807, 2.05) is 18.2 Å². The molecule has 2 heterocycles. The Morgan fingerprint density at radius 1 is 1.29 bits per heavy atom. The number of hydrogen-bond acceptors (Lipinski definition) is 6. The molecule has 2 radical (unpaired) electrons. The van der Waals surface area contributed by atoms with E-state index in [9.17, 15) is 0 Å². The Hall–Kier alpha value is -1.60. The summed E-state index contributed by atoms with van der Waals surface area (Å²) in [5, 5.41) is 3.85. The Morgan fingerprint density at radius 3 is 2.83 bits per heavy atom. The summed E-state index contributed by atoms with van der Waals surface area (Å²) >= 11 is 1.59. The summed E-state index contributed by atoms with van der Waals surface area (Å²) in [6.45, 7) is 0. The minimum Gasteiger partial charge on any atom is -0.454 e. The van der Waals surface area contributed by atoms with Gasteiger partial charge in [-0.25, -0.2) is 9.98 Å². The molecule has 1 aromatic carbocycles. The second-order valence-electron chi connectivity index (χ2n) is 7.36. The molecule has 3 N–H and O–H groups in total. The van der Waals surface area contributed by atoms with E-state index in [1.54, 1.807) is 11.3 Å². The van der Waals surface area contributed by atoms with Gasteiger partial charge in [-0.2, -0.15) is 0 Å². The van der Waals surface area contributed by atoms with E-state index in [-0.39, 0.29) is 11.5 Å². The van der Waals surface area contributed by atoms with Gasteiger partial charge in [0.2, 0.25) is 0 Å². The second-order valence-corrected chi connectivity index (χ2v) is 8.39. The van der Waals surface area contributed by atoms with Crippen LogP contribution in [0.5, 0.6) is 0 Å². The largest absolute Gasteiger partial charge is 0.454 e. The van der Waals surface area contributed by atoms with Crippen LogP contribution in [0.25, 0.3) is 10.2 Å². The van der Waals surface area contributed by atoms with Crippen molar-refractivity contribution in [3.05, 3.63) is 24.3 Å². The summed E-state index contributed by atoms with van der Waals surface area (Å²) in [6.07, 6.45) is 4.72. The van der Waals surface area contributed by atoms with Gasteiger partial charge in [-0.05, 0) is 31.4 Å². The zero-order valence-corrected chi connectivity index (χ0v) is 14.2. The van der Waals surface area contributed by atoms with Crippen molar-refractivity contribution in [2.75, 3.05) is 5.32 Å². The van der Waals surface area contributed by atoms with Gasteiger partial charge in [0.25, 0.3) is 6.02 Å². The Balaban J connectivity index is 1.40. The topological polar surface area (TPSA) is 72.5 Å². The molecular weight excluding hydrogens is 319 g/mol. The molecule has 122 valence electrons. The van der Waals surface area contributed by atoms with Crippen LogP contribution in [0.3, 0.4) is 0 Å². The van der Waals surface area contributed by atoms with Crippen molar-refractivity contribution < 1.29 is 4.74 Å². The van der Waals surface area contributed by atoms with Gasteiger partial charge >= 0.3 is 0 Å². The van der Waals surface area contributed by atoms with E-state index in [4.69, 9.17) is 18.3 Å². The average Bonchev–Trinajstić information content (AvgIpc) is 3.08. The average molecular weight is 338 g/mol. The van der Waals surface area contributed by atoms with Gasteiger partial charge < -0.3 is 10.5 Å². The van der Waals surface area contributed by atoms with Crippen LogP contribution in [0.1, 0.15) is 32.1 Å². The lowest BCUT2D eigenvalue weighted by molar-refractivity contribution is -0.0796. The molecule has 2 aromatic rings. The first-order valence-electron chi connectivity index (χ1n) is 8.50. The number of benzene rings is 1. The molecule has 24 heavy (non-hydrogen) atoms. The van der Waals surface area contributed by atoms with Gasteiger partial charge in [0, 0.05) is 5.92 Å². The third-order valence-corrected chi connectivity index (χ3v) is 6.80. The van der Waals surface area contributed by atoms with Crippen molar-refractivity contribution in [1.82, 2.24) is 4.98 Å². The summed E-state index contributed by atoms with van der Waals surface area (Å²) in [4.78, 5) is 9.13. The number of rotatable bonds is 1. The van der Waals surface area contributed by atoms with Crippen molar-refractivity contribution in [2.45, 2.75) is 49.2 Å². The maximum absolute atomic E-state index is 6.54. The maximum Gasteiger partial charge on any atom is 0.293 e. The summed E-state index contributed by atoms with van der Waals surface area (Å²) in [7, 11) is 6.54. The predicted molar refractivity (Wildman–Crippen MR) is 97.5 cm³/mol. The maximum atomic E-state index is 6.54. The lowest BCUT2D eigenvalue weighted by Gasteiger charge is -2.55. The number of amidine groups is 1. The fourth-order valence-corrected chi connectivity index (χ4v) is 5.45. The number of para-hydroxylation sites is 1. The van der Waals surface area contributed by atoms with Gasteiger partial charge in [-0.1, -0.05) is 41.6 Å². The molecule has 5 nitrogen and oxygen atoms in total. The van der Waals surface area contributed by atoms with E-state index >= 15 is 0 Å². The van der Waals surface area contributed by atoms with E-state index in [1.165, 1.54) is 0 Å². The Bertz CT molecular complexity index is 796. The molecule has 3 fully saturated rings. The highest BCUT2D eigenvalue weighted by atomic mass is 32.1. The van der Waals surface area contributed by atoms with Gasteiger partial charge in [0.1, 0.15) is 6.17 Å². The first-order chi connectivity index (χ1) is 11.6. The molecule has 1 spiro atoms. The highest BCUT2D eigenvalue weighted by Gasteiger charge is 2.59. The number of aliphatic imine (C=N–C) groups is 1. The fraction of sp³-hybridized carbons (Fsp3) is 0.529. The molecule has 1 aliphatic heterocycles. The van der Waals surface area contributed by atoms with Crippen LogP contribution in [-0.4, -0.2) is 30.6 Å². The number of ether oxygens (including phenoxy) is 1. The molecule has 6 rings (SSSR count). The lowest BCUT2D eigenvalue weighted by Crippen LogP contribution is -2.58. The minimum atomic E-state index is -0.440. The first-order valence-corrected chi connectivity index (χ1v) is 9.32. The van der Waals surface area contributed by atoms with E-state index in [0.29, 0.717) is 11.9 Å². The number of thiazole rings is 1. The first kappa shape index (κ1) is 14.7. The Labute approximate surface area is 146 Å². The summed E-state index contributed by atoms with van der Waals surface area (Å²) in [5.74, 6) is 0.441. The summed E-state index contributed by atoms with van der Waals surface area (Å²) < 4.78 is 7.44. The molecule has 1 aromatic heterocycles. The van der Waals surface area contributed by atoms with Crippen LogP contribution in [0.4, 0.5) is 5.13 Å². The monoisotopic (exact) mass is 338 g/mol. The smallest absolute Gasteiger partial charge is 0.293 e. The third-order valence-electron chi connectivity index (χ3n) is 5.85. The van der Waals surface area contributed by atoms with Crippen LogP contribution in [0.2, 0.25) is 5.31 Å². The molecule has 7 heteroatoms. The van der Waals surface area contributed by atoms with Crippen molar-refractivity contribution in [1.29, 1.82) is 0 Å². The van der Waals surface area contributed by atoms with E-state index in [0.717, 1.165) is 47.5 Å².